The predicted molar refractivity (Wildman–Crippen MR) is 114 cm³/mol. The first-order valence-electron chi connectivity index (χ1n) is 10.1. The Bertz CT molecular complexity index is 908. The molecule has 0 spiro atoms. The molecule has 1 N–H and O–H groups in total. The average molecular weight is 433 g/mol. The van der Waals surface area contributed by atoms with E-state index in [9.17, 15) is 13.2 Å². The number of nitrogens with zero attached hydrogens (tertiary/aromatic N) is 1. The largest absolute Gasteiger partial charge is 0.497 e. The first-order valence-corrected chi connectivity index (χ1v) is 11.5. The van der Waals surface area contributed by atoms with Gasteiger partial charge in [0.15, 0.2) is 0 Å². The van der Waals surface area contributed by atoms with Crippen molar-refractivity contribution < 1.29 is 22.7 Å². The Labute approximate surface area is 178 Å². The van der Waals surface area contributed by atoms with Crippen LogP contribution in [0.3, 0.4) is 0 Å². The number of piperidine rings is 1. The number of methoxy groups -OCH3 is 1. The van der Waals surface area contributed by atoms with E-state index < -0.39 is 10.0 Å². The van der Waals surface area contributed by atoms with Crippen LogP contribution in [0.1, 0.15) is 25.7 Å². The second kappa shape index (κ2) is 10.4. The van der Waals surface area contributed by atoms with E-state index in [1.165, 1.54) is 4.31 Å². The maximum atomic E-state index is 12.8. The number of hydrogen-bond acceptors (Lipinski definition) is 5. The number of para-hydroxylation sites is 1. The maximum Gasteiger partial charge on any atom is 0.243 e. The fraction of sp³-hybridized carbons (Fsp3) is 0.409. The third-order valence-electron chi connectivity index (χ3n) is 5.08. The molecule has 1 amide bonds. The molecule has 1 fully saturated rings. The Balaban J connectivity index is 1.39. The molecule has 1 heterocycles. The zero-order valence-electron chi connectivity index (χ0n) is 17.1. The highest BCUT2D eigenvalue weighted by molar-refractivity contribution is 7.89. The minimum Gasteiger partial charge on any atom is -0.497 e. The van der Waals surface area contributed by atoms with E-state index in [0.717, 1.165) is 5.75 Å². The van der Waals surface area contributed by atoms with Gasteiger partial charge in [-0.2, -0.15) is 4.31 Å². The van der Waals surface area contributed by atoms with Gasteiger partial charge in [0.2, 0.25) is 15.9 Å². The van der Waals surface area contributed by atoms with Crippen LogP contribution in [0.25, 0.3) is 0 Å². The molecule has 2 aromatic carbocycles. The molecule has 162 valence electrons. The Hall–Kier alpha value is -2.58. The summed E-state index contributed by atoms with van der Waals surface area (Å²) < 4.78 is 37.7. The summed E-state index contributed by atoms with van der Waals surface area (Å²) in [5.41, 5.74) is 0. The number of nitrogens with one attached hydrogen (secondary N) is 1. The number of benzene rings is 2. The van der Waals surface area contributed by atoms with Gasteiger partial charge < -0.3 is 14.8 Å². The molecule has 2 aromatic rings. The van der Waals surface area contributed by atoms with E-state index >= 15 is 0 Å². The van der Waals surface area contributed by atoms with E-state index in [0.29, 0.717) is 51.1 Å². The number of carbonyl (C=O) groups excluding carboxylic acids is 1. The second-order valence-corrected chi connectivity index (χ2v) is 9.12. The minimum absolute atomic E-state index is 0.00476. The van der Waals surface area contributed by atoms with Crippen molar-refractivity contribution in [3.63, 3.8) is 0 Å². The van der Waals surface area contributed by atoms with E-state index in [1.807, 2.05) is 30.3 Å². The highest BCUT2D eigenvalue weighted by Crippen LogP contribution is 2.23. The summed E-state index contributed by atoms with van der Waals surface area (Å²) in [6, 6.07) is 15.9. The van der Waals surface area contributed by atoms with Crippen LogP contribution in [0.4, 0.5) is 0 Å². The van der Waals surface area contributed by atoms with Gasteiger partial charge in [-0.1, -0.05) is 18.2 Å². The lowest BCUT2D eigenvalue weighted by Crippen LogP contribution is -2.46. The van der Waals surface area contributed by atoms with Gasteiger partial charge in [-0.3, -0.25) is 4.79 Å². The normalized spacial score (nSPS) is 15.5. The molecule has 0 aliphatic carbocycles. The van der Waals surface area contributed by atoms with E-state index in [2.05, 4.69) is 5.32 Å². The van der Waals surface area contributed by atoms with Gasteiger partial charge in [0.25, 0.3) is 0 Å². The molecular formula is C22H28N2O5S. The highest BCUT2D eigenvalue weighted by atomic mass is 32.2. The van der Waals surface area contributed by atoms with Crippen molar-refractivity contribution in [2.75, 3.05) is 26.8 Å². The standard InChI is InChI=1S/C22H28N2O5S/c1-28-19-9-11-21(12-10-19)30(26,27)24-15-13-18(14-16-24)23-22(25)8-5-17-29-20-6-3-2-4-7-20/h2-4,6-7,9-12,18H,5,8,13-17H2,1H3,(H,23,25). The number of carbonyl (C=O) groups is 1. The summed E-state index contributed by atoms with van der Waals surface area (Å²) in [4.78, 5) is 12.4. The molecule has 1 aliphatic heterocycles. The summed E-state index contributed by atoms with van der Waals surface area (Å²) >= 11 is 0. The molecule has 0 aromatic heterocycles. The van der Waals surface area contributed by atoms with E-state index in [-0.39, 0.29) is 16.8 Å². The summed E-state index contributed by atoms with van der Waals surface area (Å²) in [7, 11) is -1.99. The Morgan fingerprint density at radius 2 is 1.70 bits per heavy atom. The van der Waals surface area contributed by atoms with Gasteiger partial charge in [-0.25, -0.2) is 8.42 Å². The quantitative estimate of drug-likeness (QED) is 0.616. The third-order valence-corrected chi connectivity index (χ3v) is 6.99. The molecule has 0 radical (unpaired) electrons. The first-order chi connectivity index (χ1) is 14.5. The van der Waals surface area contributed by atoms with Crippen LogP contribution in [-0.2, 0) is 14.8 Å². The van der Waals surface area contributed by atoms with Crippen molar-refractivity contribution in [1.82, 2.24) is 9.62 Å². The molecule has 7 nitrogen and oxygen atoms in total. The fourth-order valence-electron chi connectivity index (χ4n) is 3.38. The number of ether oxygens (including phenoxy) is 2. The van der Waals surface area contributed by atoms with Gasteiger partial charge in [0.05, 0.1) is 18.6 Å². The molecule has 1 aliphatic rings. The summed E-state index contributed by atoms with van der Waals surface area (Å²) in [5.74, 6) is 1.39. The monoisotopic (exact) mass is 432 g/mol. The van der Waals surface area contributed by atoms with Crippen molar-refractivity contribution in [2.24, 2.45) is 0 Å². The lowest BCUT2D eigenvalue weighted by atomic mass is 10.1. The molecule has 30 heavy (non-hydrogen) atoms. The molecular weight excluding hydrogens is 404 g/mol. The SMILES string of the molecule is COc1ccc(S(=O)(=O)N2CCC(NC(=O)CCCOc3ccccc3)CC2)cc1. The molecule has 1 saturated heterocycles. The topological polar surface area (TPSA) is 84.9 Å². The summed E-state index contributed by atoms with van der Waals surface area (Å²) in [6.07, 6.45) is 2.21. The van der Waals surface area contributed by atoms with Crippen molar-refractivity contribution in [2.45, 2.75) is 36.6 Å². The zero-order chi connectivity index (χ0) is 21.4. The van der Waals surface area contributed by atoms with Crippen LogP contribution >= 0.6 is 0 Å². The van der Waals surface area contributed by atoms with E-state index in [4.69, 9.17) is 9.47 Å². The molecule has 0 atom stereocenters. The third kappa shape index (κ3) is 5.96. The van der Waals surface area contributed by atoms with Crippen LogP contribution < -0.4 is 14.8 Å². The smallest absolute Gasteiger partial charge is 0.243 e. The highest BCUT2D eigenvalue weighted by Gasteiger charge is 2.29. The van der Waals surface area contributed by atoms with Crippen LogP contribution in [0.5, 0.6) is 11.5 Å². The maximum absolute atomic E-state index is 12.8. The fourth-order valence-corrected chi connectivity index (χ4v) is 4.85. The van der Waals surface area contributed by atoms with Gasteiger partial charge in [0, 0.05) is 25.6 Å². The average Bonchev–Trinajstić information content (AvgIpc) is 2.78. The van der Waals surface area contributed by atoms with Crippen LogP contribution in [0.15, 0.2) is 59.5 Å². The number of sulfonamides is 1. The van der Waals surface area contributed by atoms with Crippen molar-refractivity contribution in [3.8, 4) is 11.5 Å². The number of hydrogen-bond donors (Lipinski definition) is 1. The van der Waals surface area contributed by atoms with Crippen LogP contribution in [0.2, 0.25) is 0 Å². The molecule has 0 unspecified atom stereocenters. The number of rotatable bonds is 9. The summed E-state index contributed by atoms with van der Waals surface area (Å²) in [5, 5.41) is 3.01. The van der Waals surface area contributed by atoms with Crippen molar-refractivity contribution in [3.05, 3.63) is 54.6 Å². The van der Waals surface area contributed by atoms with Gasteiger partial charge in [0.1, 0.15) is 11.5 Å². The molecule has 3 rings (SSSR count). The molecule has 8 heteroatoms. The Morgan fingerprint density at radius 3 is 2.33 bits per heavy atom. The predicted octanol–water partition coefficient (Wildman–Crippen LogP) is 2.82. The first kappa shape index (κ1) is 22.1. The van der Waals surface area contributed by atoms with Gasteiger partial charge in [-0.15, -0.1) is 0 Å². The van der Waals surface area contributed by atoms with Crippen LogP contribution in [-0.4, -0.2) is 51.5 Å². The minimum atomic E-state index is -3.53. The lowest BCUT2D eigenvalue weighted by molar-refractivity contribution is -0.122. The molecule has 0 saturated carbocycles. The van der Waals surface area contributed by atoms with Gasteiger partial charge >= 0.3 is 0 Å². The Morgan fingerprint density at radius 1 is 1.03 bits per heavy atom. The van der Waals surface area contributed by atoms with Gasteiger partial charge in [-0.05, 0) is 55.7 Å². The Kier molecular flexibility index (Phi) is 7.70. The lowest BCUT2D eigenvalue weighted by Gasteiger charge is -2.31. The second-order valence-electron chi connectivity index (χ2n) is 7.19. The van der Waals surface area contributed by atoms with E-state index in [1.54, 1.807) is 31.4 Å². The number of amides is 1. The zero-order valence-corrected chi connectivity index (χ0v) is 17.9. The van der Waals surface area contributed by atoms with Crippen molar-refractivity contribution >= 4 is 15.9 Å². The summed E-state index contributed by atoms with van der Waals surface area (Å²) in [6.45, 7) is 1.25. The van der Waals surface area contributed by atoms with Crippen LogP contribution in [0, 0.1) is 0 Å². The van der Waals surface area contributed by atoms with Crippen molar-refractivity contribution in [1.29, 1.82) is 0 Å². The molecule has 0 bridgehead atoms.